The highest BCUT2D eigenvalue weighted by Gasteiger charge is 2.17. The Morgan fingerprint density at radius 3 is 1.47 bits per heavy atom. The van der Waals surface area contributed by atoms with Crippen LogP contribution in [-0.2, 0) is 24.3 Å². The fraction of sp³-hybridized carbons (Fsp3) is 0.304. The minimum Gasteiger partial charge on any atom is -0.249 e. The van der Waals surface area contributed by atoms with Crippen molar-refractivity contribution in [1.29, 1.82) is 0 Å². The maximum Gasteiger partial charge on any atom is 0.158 e. The monoisotopic (exact) mass is 645 g/mol. The highest BCUT2D eigenvalue weighted by Crippen LogP contribution is 2.38. The third-order valence-electron chi connectivity index (χ3n) is 9.70. The molecule has 0 N–H and O–H groups in total. The Labute approximate surface area is 294 Å². The second kappa shape index (κ2) is 13.3. The summed E-state index contributed by atoms with van der Waals surface area (Å²) < 4.78 is 1.91. The Kier molecular flexibility index (Phi) is 9.24. The maximum atomic E-state index is 4.85. The van der Waals surface area contributed by atoms with Gasteiger partial charge in [-0.25, -0.2) is 9.67 Å². The van der Waals surface area contributed by atoms with Crippen molar-refractivity contribution in [2.24, 2.45) is 7.05 Å². The van der Waals surface area contributed by atoms with Crippen LogP contribution in [0, 0.1) is 13.8 Å². The molecule has 0 aliphatic carbocycles. The molecule has 5 aromatic carbocycles. The van der Waals surface area contributed by atoms with Gasteiger partial charge in [-0.05, 0) is 122 Å². The Balaban J connectivity index is 1.43. The number of nitrogens with zero attached hydrogens (tertiary/aromatic N) is 3. The summed E-state index contributed by atoms with van der Waals surface area (Å²) in [6.07, 6.45) is 1.92. The summed E-state index contributed by atoms with van der Waals surface area (Å²) in [5, 5.41) is 4.65. The lowest BCUT2D eigenvalue weighted by Gasteiger charge is -2.20. The van der Waals surface area contributed by atoms with E-state index < -0.39 is 0 Å². The van der Waals surface area contributed by atoms with Crippen molar-refractivity contribution >= 4 is 0 Å². The van der Waals surface area contributed by atoms with E-state index in [2.05, 4.69) is 171 Å². The smallest absolute Gasteiger partial charge is 0.158 e. The van der Waals surface area contributed by atoms with E-state index in [0.29, 0.717) is 0 Å². The number of rotatable bonds is 7. The molecule has 1 aromatic heterocycles. The van der Waals surface area contributed by atoms with Crippen LogP contribution in [0.25, 0.3) is 55.9 Å². The Hall–Kier alpha value is -4.76. The molecule has 49 heavy (non-hydrogen) atoms. The summed E-state index contributed by atoms with van der Waals surface area (Å²) in [5.41, 5.74) is 16.4. The maximum absolute atomic E-state index is 4.85. The van der Waals surface area contributed by atoms with Crippen LogP contribution in [0.3, 0.4) is 0 Å². The molecular weight excluding hydrogens is 595 g/mol. The van der Waals surface area contributed by atoms with E-state index >= 15 is 0 Å². The van der Waals surface area contributed by atoms with Crippen molar-refractivity contribution in [3.63, 3.8) is 0 Å². The molecule has 0 saturated carbocycles. The van der Waals surface area contributed by atoms with E-state index in [1.807, 2.05) is 11.7 Å². The zero-order chi connectivity index (χ0) is 35.1. The SMILES string of the molecule is CCCc1nc(-c2cccc(-c3cc(C)c(-c4cc(-c5ccc(C(C)(C)C)cc5)cc(-c5ccc(C(C)(C)C)cc5)c4)cc3C)c2)n(C)n1. The highest BCUT2D eigenvalue weighted by molar-refractivity contribution is 5.84. The lowest BCUT2D eigenvalue weighted by molar-refractivity contribution is 0.590. The molecule has 0 radical (unpaired) electrons. The quantitative estimate of drug-likeness (QED) is 0.173. The Morgan fingerprint density at radius 1 is 0.531 bits per heavy atom. The molecule has 1 heterocycles. The van der Waals surface area contributed by atoms with Gasteiger partial charge in [0.1, 0.15) is 0 Å². The number of aryl methyl sites for hydroxylation is 4. The van der Waals surface area contributed by atoms with Gasteiger partial charge in [0.25, 0.3) is 0 Å². The standard InChI is InChI=1S/C46H51N3/c1-11-13-43-47-44(49(10)48-43)35-15-12-14-34(26-35)41-24-31(3)42(25-30(41)2)38-28-36(32-16-20-39(21-17-32)45(4,5)6)27-37(29-38)33-18-22-40(23-19-33)46(7,8)9/h12,14-29H,11,13H2,1-10H3. The largest absolute Gasteiger partial charge is 0.249 e. The summed E-state index contributed by atoms with van der Waals surface area (Å²) in [5.74, 6) is 1.81. The second-order valence-electron chi connectivity index (χ2n) is 15.7. The van der Waals surface area contributed by atoms with Gasteiger partial charge < -0.3 is 0 Å². The summed E-state index contributed by atoms with van der Waals surface area (Å²) in [6, 6.07) is 38.8. The molecule has 250 valence electrons. The fourth-order valence-electron chi connectivity index (χ4n) is 6.72. The van der Waals surface area contributed by atoms with Crippen molar-refractivity contribution in [3.8, 4) is 55.9 Å². The molecule has 0 bridgehead atoms. The molecule has 0 fully saturated rings. The molecule has 6 rings (SSSR count). The van der Waals surface area contributed by atoms with E-state index in [4.69, 9.17) is 4.98 Å². The zero-order valence-electron chi connectivity index (χ0n) is 31.1. The first-order valence-corrected chi connectivity index (χ1v) is 17.7. The average Bonchev–Trinajstić information content (AvgIpc) is 3.44. The summed E-state index contributed by atoms with van der Waals surface area (Å²) in [4.78, 5) is 4.85. The van der Waals surface area contributed by atoms with Gasteiger partial charge in [-0.1, -0.05) is 127 Å². The molecular formula is C46H51N3. The Morgan fingerprint density at radius 2 is 0.980 bits per heavy atom. The average molecular weight is 646 g/mol. The van der Waals surface area contributed by atoms with Crippen LogP contribution in [-0.4, -0.2) is 14.8 Å². The molecule has 0 aliphatic rings. The van der Waals surface area contributed by atoms with Gasteiger partial charge in [0.2, 0.25) is 0 Å². The molecule has 0 saturated heterocycles. The molecule has 3 nitrogen and oxygen atoms in total. The van der Waals surface area contributed by atoms with Crippen molar-refractivity contribution < 1.29 is 0 Å². The first kappa shape index (κ1) is 34.1. The number of hydrogen-bond acceptors (Lipinski definition) is 2. The highest BCUT2D eigenvalue weighted by atomic mass is 15.3. The fourth-order valence-corrected chi connectivity index (χ4v) is 6.72. The van der Waals surface area contributed by atoms with Gasteiger partial charge >= 0.3 is 0 Å². The predicted octanol–water partition coefficient (Wildman–Crippen LogP) is 12.3. The minimum atomic E-state index is 0.114. The van der Waals surface area contributed by atoms with Crippen LogP contribution in [0.1, 0.15) is 83.0 Å². The van der Waals surface area contributed by atoms with E-state index in [1.54, 1.807) is 0 Å². The van der Waals surface area contributed by atoms with Gasteiger partial charge in [0.05, 0.1) is 0 Å². The lowest BCUT2D eigenvalue weighted by Crippen LogP contribution is -2.10. The topological polar surface area (TPSA) is 30.7 Å². The third kappa shape index (κ3) is 7.32. The van der Waals surface area contributed by atoms with E-state index in [1.165, 1.54) is 66.8 Å². The van der Waals surface area contributed by atoms with Crippen LogP contribution in [0.4, 0.5) is 0 Å². The third-order valence-corrected chi connectivity index (χ3v) is 9.70. The molecule has 6 aromatic rings. The van der Waals surface area contributed by atoms with Gasteiger partial charge in [-0.3, -0.25) is 0 Å². The van der Waals surface area contributed by atoms with Crippen LogP contribution >= 0.6 is 0 Å². The first-order chi connectivity index (χ1) is 23.2. The van der Waals surface area contributed by atoms with Crippen molar-refractivity contribution in [2.45, 2.75) is 86.0 Å². The van der Waals surface area contributed by atoms with Crippen LogP contribution in [0.5, 0.6) is 0 Å². The van der Waals surface area contributed by atoms with E-state index in [-0.39, 0.29) is 10.8 Å². The minimum absolute atomic E-state index is 0.114. The van der Waals surface area contributed by atoms with Crippen LogP contribution < -0.4 is 0 Å². The lowest BCUT2D eigenvalue weighted by atomic mass is 9.84. The normalized spacial score (nSPS) is 12.0. The second-order valence-corrected chi connectivity index (χ2v) is 15.7. The van der Waals surface area contributed by atoms with Crippen LogP contribution in [0.15, 0.2) is 103 Å². The molecule has 0 unspecified atom stereocenters. The molecule has 0 spiro atoms. The molecule has 0 amide bonds. The summed E-state index contributed by atoms with van der Waals surface area (Å²) >= 11 is 0. The van der Waals surface area contributed by atoms with E-state index in [0.717, 1.165) is 30.1 Å². The molecule has 0 atom stereocenters. The summed E-state index contributed by atoms with van der Waals surface area (Å²) in [6.45, 7) is 20.3. The summed E-state index contributed by atoms with van der Waals surface area (Å²) in [7, 11) is 1.98. The number of benzene rings is 5. The first-order valence-electron chi connectivity index (χ1n) is 17.7. The molecule has 0 aliphatic heterocycles. The van der Waals surface area contributed by atoms with E-state index in [9.17, 15) is 0 Å². The van der Waals surface area contributed by atoms with Crippen molar-refractivity contribution in [3.05, 3.63) is 131 Å². The van der Waals surface area contributed by atoms with Gasteiger partial charge in [-0.15, -0.1) is 0 Å². The molecule has 3 heteroatoms. The van der Waals surface area contributed by atoms with Crippen molar-refractivity contribution in [2.75, 3.05) is 0 Å². The van der Waals surface area contributed by atoms with Gasteiger partial charge in [-0.2, -0.15) is 5.10 Å². The van der Waals surface area contributed by atoms with Gasteiger partial charge in [0.15, 0.2) is 11.6 Å². The number of aromatic nitrogens is 3. The Bertz CT molecular complexity index is 2020. The van der Waals surface area contributed by atoms with Crippen molar-refractivity contribution in [1.82, 2.24) is 14.8 Å². The van der Waals surface area contributed by atoms with Crippen LogP contribution in [0.2, 0.25) is 0 Å². The number of hydrogen-bond donors (Lipinski definition) is 0. The van der Waals surface area contributed by atoms with Gasteiger partial charge in [0, 0.05) is 19.0 Å². The predicted molar refractivity (Wildman–Crippen MR) is 209 cm³/mol. The zero-order valence-corrected chi connectivity index (χ0v) is 31.1.